The normalized spacial score (nSPS) is 19.7. The van der Waals surface area contributed by atoms with Crippen molar-refractivity contribution < 1.29 is 17.5 Å². The van der Waals surface area contributed by atoms with E-state index in [9.17, 15) is 12.8 Å². The molecule has 1 aromatic rings. The Kier molecular flexibility index (Phi) is 4.31. The van der Waals surface area contributed by atoms with Crippen molar-refractivity contribution in [2.45, 2.75) is 30.8 Å². The van der Waals surface area contributed by atoms with Crippen molar-refractivity contribution in [2.24, 2.45) is 0 Å². The van der Waals surface area contributed by atoms with Gasteiger partial charge in [0.05, 0.1) is 6.10 Å². The highest BCUT2D eigenvalue weighted by Gasteiger charge is 2.29. The molecule has 5 nitrogen and oxygen atoms in total. The first-order valence-corrected chi connectivity index (χ1v) is 7.90. The molecule has 1 heterocycles. The molecule has 1 aliphatic rings. The number of sulfonamides is 1. The number of ether oxygens (including phenoxy) is 1. The Morgan fingerprint density at radius 2 is 2.20 bits per heavy atom. The second kappa shape index (κ2) is 5.67. The summed E-state index contributed by atoms with van der Waals surface area (Å²) in [7, 11) is -2.48. The zero-order chi connectivity index (χ0) is 14.9. The largest absolute Gasteiger partial charge is 0.399 e. The van der Waals surface area contributed by atoms with Gasteiger partial charge in [-0.1, -0.05) is 0 Å². The quantitative estimate of drug-likeness (QED) is 0.856. The van der Waals surface area contributed by atoms with Crippen LogP contribution in [0.4, 0.5) is 10.1 Å². The number of nitrogens with zero attached hydrogens (tertiary/aromatic N) is 1. The van der Waals surface area contributed by atoms with Crippen LogP contribution < -0.4 is 5.73 Å². The predicted molar refractivity (Wildman–Crippen MR) is 74.3 cm³/mol. The van der Waals surface area contributed by atoms with Gasteiger partial charge in [0, 0.05) is 25.9 Å². The predicted octanol–water partition coefficient (Wildman–Crippen LogP) is 1.52. The molecule has 0 radical (unpaired) electrons. The summed E-state index contributed by atoms with van der Waals surface area (Å²) in [4.78, 5) is -0.379. The van der Waals surface area contributed by atoms with Gasteiger partial charge >= 0.3 is 0 Å². The summed E-state index contributed by atoms with van der Waals surface area (Å²) in [5, 5.41) is 0. The molecule has 1 fully saturated rings. The Bertz CT molecular complexity index is 598. The van der Waals surface area contributed by atoms with Crippen LogP contribution in [-0.4, -0.2) is 39.0 Å². The Labute approximate surface area is 118 Å². The zero-order valence-electron chi connectivity index (χ0n) is 11.6. The van der Waals surface area contributed by atoms with E-state index < -0.39 is 15.8 Å². The topological polar surface area (TPSA) is 72.6 Å². The van der Waals surface area contributed by atoms with Crippen LogP contribution >= 0.6 is 0 Å². The van der Waals surface area contributed by atoms with Gasteiger partial charge in [0.15, 0.2) is 0 Å². The van der Waals surface area contributed by atoms with Crippen LogP contribution in [0.5, 0.6) is 0 Å². The van der Waals surface area contributed by atoms with Crippen molar-refractivity contribution in [1.29, 1.82) is 0 Å². The van der Waals surface area contributed by atoms with Gasteiger partial charge in [-0.2, -0.15) is 4.31 Å². The van der Waals surface area contributed by atoms with Crippen LogP contribution in [0, 0.1) is 12.7 Å². The van der Waals surface area contributed by atoms with Crippen molar-refractivity contribution in [3.63, 3.8) is 0 Å². The summed E-state index contributed by atoms with van der Waals surface area (Å²) in [6.45, 7) is 2.35. The highest BCUT2D eigenvalue weighted by atomic mass is 32.2. The summed E-state index contributed by atoms with van der Waals surface area (Å²) < 4.78 is 45.4. The molecular formula is C13H19FN2O3S. The molecule has 1 aromatic carbocycles. The van der Waals surface area contributed by atoms with Crippen molar-refractivity contribution >= 4 is 15.7 Å². The van der Waals surface area contributed by atoms with E-state index in [-0.39, 0.29) is 28.8 Å². The van der Waals surface area contributed by atoms with Crippen LogP contribution in [0.25, 0.3) is 0 Å². The number of nitrogen functional groups attached to an aromatic ring is 1. The minimum atomic E-state index is -3.90. The molecule has 1 aliphatic heterocycles. The number of anilines is 1. The average Bonchev–Trinajstić information content (AvgIpc) is 2.86. The molecule has 7 heteroatoms. The fourth-order valence-corrected chi connectivity index (χ4v) is 3.66. The third-order valence-electron chi connectivity index (χ3n) is 3.42. The Hall–Kier alpha value is -1.18. The highest BCUT2D eigenvalue weighted by molar-refractivity contribution is 7.89. The summed E-state index contributed by atoms with van der Waals surface area (Å²) in [6, 6.07) is 2.57. The molecule has 1 saturated heterocycles. The second-order valence-electron chi connectivity index (χ2n) is 5.07. The minimum Gasteiger partial charge on any atom is -0.399 e. The number of benzene rings is 1. The smallest absolute Gasteiger partial charge is 0.245 e. The molecule has 0 aliphatic carbocycles. The lowest BCUT2D eigenvalue weighted by Gasteiger charge is -2.21. The molecular weight excluding hydrogens is 283 g/mol. The summed E-state index contributed by atoms with van der Waals surface area (Å²) in [5.41, 5.74) is 6.06. The Balaban J connectivity index is 2.29. The van der Waals surface area contributed by atoms with E-state index in [1.807, 2.05) is 0 Å². The standard InChI is InChI=1S/C13H19FN2O3S/c1-9-6-10(15)7-12(13(9)14)20(17,18)16(2)8-11-4-3-5-19-11/h6-7,11H,3-5,8,15H2,1-2H3. The number of halogens is 1. The van der Waals surface area contributed by atoms with Gasteiger partial charge in [-0.3, -0.25) is 0 Å². The van der Waals surface area contributed by atoms with Gasteiger partial charge in [0.2, 0.25) is 10.0 Å². The maximum absolute atomic E-state index is 14.1. The third kappa shape index (κ3) is 2.94. The lowest BCUT2D eigenvalue weighted by atomic mass is 10.2. The Morgan fingerprint density at radius 1 is 1.50 bits per heavy atom. The summed E-state index contributed by atoms with van der Waals surface area (Å²) in [5.74, 6) is -0.751. The van der Waals surface area contributed by atoms with Crippen molar-refractivity contribution in [2.75, 3.05) is 25.9 Å². The SMILES string of the molecule is Cc1cc(N)cc(S(=O)(=O)N(C)CC2CCCO2)c1F. The minimum absolute atomic E-state index is 0.125. The van der Waals surface area contributed by atoms with E-state index in [0.717, 1.165) is 23.2 Å². The number of likely N-dealkylation sites (N-methyl/N-ethyl adjacent to an activating group) is 1. The van der Waals surface area contributed by atoms with Crippen LogP contribution in [0.2, 0.25) is 0 Å². The van der Waals surface area contributed by atoms with Crippen LogP contribution in [0.1, 0.15) is 18.4 Å². The van der Waals surface area contributed by atoms with Gasteiger partial charge in [-0.05, 0) is 37.5 Å². The monoisotopic (exact) mass is 302 g/mol. The highest BCUT2D eigenvalue weighted by Crippen LogP contribution is 2.25. The van der Waals surface area contributed by atoms with Gasteiger partial charge in [-0.25, -0.2) is 12.8 Å². The lowest BCUT2D eigenvalue weighted by Crippen LogP contribution is -2.34. The molecule has 2 rings (SSSR count). The number of aryl methyl sites for hydroxylation is 1. The molecule has 1 atom stereocenters. The van der Waals surface area contributed by atoms with E-state index >= 15 is 0 Å². The van der Waals surface area contributed by atoms with Crippen molar-refractivity contribution in [1.82, 2.24) is 4.31 Å². The van der Waals surface area contributed by atoms with Gasteiger partial charge in [-0.15, -0.1) is 0 Å². The average molecular weight is 302 g/mol. The van der Waals surface area contributed by atoms with E-state index in [4.69, 9.17) is 10.5 Å². The van der Waals surface area contributed by atoms with Crippen molar-refractivity contribution in [3.8, 4) is 0 Å². The maximum atomic E-state index is 14.1. The Morgan fingerprint density at radius 3 is 2.80 bits per heavy atom. The molecule has 0 saturated carbocycles. The first-order valence-electron chi connectivity index (χ1n) is 6.46. The molecule has 20 heavy (non-hydrogen) atoms. The van der Waals surface area contributed by atoms with Crippen LogP contribution in [0.15, 0.2) is 17.0 Å². The molecule has 0 aromatic heterocycles. The first-order chi connectivity index (χ1) is 9.32. The molecule has 112 valence electrons. The molecule has 0 bridgehead atoms. The van der Waals surface area contributed by atoms with Gasteiger partial charge < -0.3 is 10.5 Å². The van der Waals surface area contributed by atoms with E-state index in [0.29, 0.717) is 6.61 Å². The zero-order valence-corrected chi connectivity index (χ0v) is 12.4. The van der Waals surface area contributed by atoms with E-state index in [1.165, 1.54) is 20.0 Å². The van der Waals surface area contributed by atoms with E-state index in [2.05, 4.69) is 0 Å². The number of hydrogen-bond acceptors (Lipinski definition) is 4. The number of rotatable bonds is 4. The summed E-state index contributed by atoms with van der Waals surface area (Å²) in [6.07, 6.45) is 1.61. The second-order valence-corrected chi connectivity index (χ2v) is 7.08. The van der Waals surface area contributed by atoms with Crippen LogP contribution in [-0.2, 0) is 14.8 Å². The maximum Gasteiger partial charge on any atom is 0.245 e. The number of nitrogens with two attached hydrogens (primary N) is 1. The van der Waals surface area contributed by atoms with Crippen LogP contribution in [0.3, 0.4) is 0 Å². The van der Waals surface area contributed by atoms with Gasteiger partial charge in [0.1, 0.15) is 10.7 Å². The van der Waals surface area contributed by atoms with Crippen molar-refractivity contribution in [3.05, 3.63) is 23.5 Å². The van der Waals surface area contributed by atoms with E-state index in [1.54, 1.807) is 0 Å². The summed E-state index contributed by atoms with van der Waals surface area (Å²) >= 11 is 0. The third-order valence-corrected chi connectivity index (χ3v) is 5.24. The first kappa shape index (κ1) is 15.2. The molecule has 0 amide bonds. The fraction of sp³-hybridized carbons (Fsp3) is 0.538. The number of hydrogen-bond donors (Lipinski definition) is 1. The molecule has 2 N–H and O–H groups in total. The fourth-order valence-electron chi connectivity index (χ4n) is 2.29. The lowest BCUT2D eigenvalue weighted by molar-refractivity contribution is 0.0978. The molecule has 0 spiro atoms. The molecule has 1 unspecified atom stereocenters. The van der Waals surface area contributed by atoms with Gasteiger partial charge in [0.25, 0.3) is 0 Å².